The maximum absolute atomic E-state index is 13.0. The standard InChI is InChI=1S/C16H25ClFN/c1-3-4-5-6-7-8-11-19-13(2)15-10-9-14(18)12-16(15)17/h9-10,12-13,19H,3-8,11H2,1-2H3. The van der Waals surface area contributed by atoms with Gasteiger partial charge in [0.15, 0.2) is 0 Å². The lowest BCUT2D eigenvalue weighted by Gasteiger charge is -2.15. The SMILES string of the molecule is CCCCCCCCNC(C)c1ccc(F)cc1Cl. The largest absolute Gasteiger partial charge is 0.310 e. The number of unbranched alkanes of at least 4 members (excludes halogenated alkanes) is 5. The van der Waals surface area contributed by atoms with Crippen molar-refractivity contribution in [3.8, 4) is 0 Å². The molecule has 19 heavy (non-hydrogen) atoms. The average molecular weight is 286 g/mol. The highest BCUT2D eigenvalue weighted by atomic mass is 35.5. The van der Waals surface area contributed by atoms with Gasteiger partial charge in [0.05, 0.1) is 0 Å². The van der Waals surface area contributed by atoms with Crippen LogP contribution in [-0.2, 0) is 0 Å². The minimum atomic E-state index is -0.281. The van der Waals surface area contributed by atoms with Gasteiger partial charge in [-0.3, -0.25) is 0 Å². The second-order valence-corrected chi connectivity index (χ2v) is 5.52. The molecule has 0 aliphatic heterocycles. The first-order chi connectivity index (χ1) is 9.15. The van der Waals surface area contributed by atoms with E-state index < -0.39 is 0 Å². The molecule has 1 aromatic rings. The summed E-state index contributed by atoms with van der Waals surface area (Å²) < 4.78 is 13.0. The van der Waals surface area contributed by atoms with Crippen molar-refractivity contribution in [1.82, 2.24) is 5.32 Å². The molecule has 0 saturated heterocycles. The molecular weight excluding hydrogens is 261 g/mol. The third-order valence-corrected chi connectivity index (χ3v) is 3.74. The van der Waals surface area contributed by atoms with Gasteiger partial charge in [0.25, 0.3) is 0 Å². The van der Waals surface area contributed by atoms with E-state index in [1.807, 2.05) is 0 Å². The second-order valence-electron chi connectivity index (χ2n) is 5.11. The van der Waals surface area contributed by atoms with E-state index in [0.29, 0.717) is 5.02 Å². The third-order valence-electron chi connectivity index (χ3n) is 3.41. The number of hydrogen-bond donors (Lipinski definition) is 1. The van der Waals surface area contributed by atoms with Gasteiger partial charge >= 0.3 is 0 Å². The lowest BCUT2D eigenvalue weighted by Crippen LogP contribution is -2.20. The lowest BCUT2D eigenvalue weighted by atomic mass is 10.1. The summed E-state index contributed by atoms with van der Waals surface area (Å²) in [5.41, 5.74) is 0.967. The van der Waals surface area contributed by atoms with Crippen LogP contribution in [-0.4, -0.2) is 6.54 Å². The third kappa shape index (κ3) is 6.40. The summed E-state index contributed by atoms with van der Waals surface area (Å²) in [6.07, 6.45) is 7.76. The fraction of sp³-hybridized carbons (Fsp3) is 0.625. The van der Waals surface area contributed by atoms with E-state index in [4.69, 9.17) is 11.6 Å². The summed E-state index contributed by atoms with van der Waals surface area (Å²) in [6, 6.07) is 4.77. The highest BCUT2D eigenvalue weighted by Gasteiger charge is 2.09. The fourth-order valence-corrected chi connectivity index (χ4v) is 2.52. The smallest absolute Gasteiger partial charge is 0.124 e. The van der Waals surface area contributed by atoms with E-state index in [0.717, 1.165) is 12.1 Å². The van der Waals surface area contributed by atoms with E-state index >= 15 is 0 Å². The van der Waals surface area contributed by atoms with Gasteiger partial charge in [0.2, 0.25) is 0 Å². The van der Waals surface area contributed by atoms with Crippen LogP contribution in [0.15, 0.2) is 18.2 Å². The van der Waals surface area contributed by atoms with Crippen molar-refractivity contribution in [3.63, 3.8) is 0 Å². The quantitative estimate of drug-likeness (QED) is 0.592. The van der Waals surface area contributed by atoms with Gasteiger partial charge in [0, 0.05) is 11.1 Å². The molecule has 1 rings (SSSR count). The Morgan fingerprint density at radius 2 is 1.84 bits per heavy atom. The molecule has 1 unspecified atom stereocenters. The zero-order valence-electron chi connectivity index (χ0n) is 12.0. The first-order valence-corrected chi connectivity index (χ1v) is 7.71. The zero-order chi connectivity index (χ0) is 14.1. The van der Waals surface area contributed by atoms with Crippen LogP contribution in [0.2, 0.25) is 5.02 Å². The molecule has 0 spiro atoms. The summed E-state index contributed by atoms with van der Waals surface area (Å²) in [5.74, 6) is -0.281. The predicted octanol–water partition coefficient (Wildman–Crippen LogP) is 5.49. The molecular formula is C16H25ClFN. The summed E-state index contributed by atoms with van der Waals surface area (Å²) in [4.78, 5) is 0. The minimum Gasteiger partial charge on any atom is -0.310 e. The topological polar surface area (TPSA) is 12.0 Å². The molecule has 0 aliphatic carbocycles. The van der Waals surface area contributed by atoms with Crippen molar-refractivity contribution in [2.24, 2.45) is 0 Å². The molecule has 0 heterocycles. The average Bonchev–Trinajstić information content (AvgIpc) is 2.37. The molecule has 0 bridgehead atoms. The molecule has 0 aliphatic rings. The van der Waals surface area contributed by atoms with Crippen LogP contribution in [0.1, 0.15) is 64.0 Å². The van der Waals surface area contributed by atoms with Crippen molar-refractivity contribution in [2.45, 2.75) is 58.4 Å². The van der Waals surface area contributed by atoms with Gasteiger partial charge in [-0.05, 0) is 37.6 Å². The van der Waals surface area contributed by atoms with Crippen LogP contribution in [0.4, 0.5) is 4.39 Å². The molecule has 1 atom stereocenters. The maximum Gasteiger partial charge on any atom is 0.124 e. The lowest BCUT2D eigenvalue weighted by molar-refractivity contribution is 0.526. The van der Waals surface area contributed by atoms with E-state index in [2.05, 4.69) is 19.2 Å². The van der Waals surface area contributed by atoms with E-state index in [1.54, 1.807) is 6.07 Å². The Hall–Kier alpha value is -0.600. The first-order valence-electron chi connectivity index (χ1n) is 7.33. The molecule has 1 nitrogen and oxygen atoms in total. The normalized spacial score (nSPS) is 12.6. The maximum atomic E-state index is 13.0. The van der Waals surface area contributed by atoms with E-state index in [1.165, 1.54) is 50.7 Å². The summed E-state index contributed by atoms with van der Waals surface area (Å²) in [5, 5.41) is 3.95. The van der Waals surface area contributed by atoms with Crippen LogP contribution in [0.3, 0.4) is 0 Å². The Kier molecular flexibility index (Phi) is 8.08. The molecule has 0 aromatic heterocycles. The van der Waals surface area contributed by atoms with E-state index in [-0.39, 0.29) is 11.9 Å². The molecule has 1 aromatic carbocycles. The number of benzene rings is 1. The summed E-state index contributed by atoms with van der Waals surface area (Å²) in [7, 11) is 0. The zero-order valence-corrected chi connectivity index (χ0v) is 12.8. The molecule has 0 amide bonds. The van der Waals surface area contributed by atoms with Crippen molar-refractivity contribution < 1.29 is 4.39 Å². The molecule has 0 radical (unpaired) electrons. The van der Waals surface area contributed by atoms with Crippen LogP contribution >= 0.6 is 11.6 Å². The molecule has 0 saturated carbocycles. The van der Waals surface area contributed by atoms with Crippen molar-refractivity contribution in [2.75, 3.05) is 6.54 Å². The Bertz CT molecular complexity index is 368. The van der Waals surface area contributed by atoms with Crippen LogP contribution in [0.5, 0.6) is 0 Å². The van der Waals surface area contributed by atoms with Gasteiger partial charge in [-0.1, -0.05) is 56.7 Å². The second kappa shape index (κ2) is 9.33. The Balaban J connectivity index is 2.22. The Morgan fingerprint density at radius 1 is 1.16 bits per heavy atom. The van der Waals surface area contributed by atoms with Gasteiger partial charge in [-0.15, -0.1) is 0 Å². The van der Waals surface area contributed by atoms with Gasteiger partial charge in [-0.25, -0.2) is 4.39 Å². The van der Waals surface area contributed by atoms with Gasteiger partial charge in [0.1, 0.15) is 5.82 Å². The highest BCUT2D eigenvalue weighted by molar-refractivity contribution is 6.31. The fourth-order valence-electron chi connectivity index (χ4n) is 2.19. The highest BCUT2D eigenvalue weighted by Crippen LogP contribution is 2.23. The molecule has 1 N–H and O–H groups in total. The number of hydrogen-bond acceptors (Lipinski definition) is 1. The number of halogens is 2. The van der Waals surface area contributed by atoms with Crippen molar-refractivity contribution in [1.29, 1.82) is 0 Å². The van der Waals surface area contributed by atoms with Crippen molar-refractivity contribution >= 4 is 11.6 Å². The molecule has 108 valence electrons. The monoisotopic (exact) mass is 285 g/mol. The van der Waals surface area contributed by atoms with Crippen LogP contribution in [0, 0.1) is 5.82 Å². The first kappa shape index (κ1) is 16.5. The predicted molar refractivity (Wildman–Crippen MR) is 81.2 cm³/mol. The van der Waals surface area contributed by atoms with Crippen molar-refractivity contribution in [3.05, 3.63) is 34.6 Å². The number of nitrogens with one attached hydrogen (secondary N) is 1. The van der Waals surface area contributed by atoms with Crippen LogP contribution in [0.25, 0.3) is 0 Å². The van der Waals surface area contributed by atoms with Gasteiger partial charge < -0.3 is 5.32 Å². The van der Waals surface area contributed by atoms with E-state index in [9.17, 15) is 4.39 Å². The van der Waals surface area contributed by atoms with Crippen LogP contribution < -0.4 is 5.32 Å². The van der Waals surface area contributed by atoms with Gasteiger partial charge in [-0.2, -0.15) is 0 Å². The molecule has 0 fully saturated rings. The Morgan fingerprint density at radius 3 is 2.53 bits per heavy atom. The number of rotatable bonds is 9. The molecule has 3 heteroatoms. The minimum absolute atomic E-state index is 0.170. The summed E-state index contributed by atoms with van der Waals surface area (Å²) in [6.45, 7) is 5.28. The summed E-state index contributed by atoms with van der Waals surface area (Å²) >= 11 is 6.04. The Labute approximate surface area is 121 Å².